The Hall–Kier alpha value is -1.66. The normalized spacial score (nSPS) is 10.6. The first-order valence-electron chi connectivity index (χ1n) is 5.77. The summed E-state index contributed by atoms with van der Waals surface area (Å²) in [5.74, 6) is -0.921. The van der Waals surface area contributed by atoms with Crippen molar-refractivity contribution in [1.82, 2.24) is 15.1 Å². The van der Waals surface area contributed by atoms with Crippen LogP contribution in [0.2, 0.25) is 0 Å². The Kier molecular flexibility index (Phi) is 4.34. The maximum Gasteiger partial charge on any atom is 0.335 e. The molecule has 19 heavy (non-hydrogen) atoms. The van der Waals surface area contributed by atoms with Crippen LogP contribution in [0.5, 0.6) is 0 Å². The zero-order valence-corrected chi connectivity index (χ0v) is 12.0. The van der Waals surface area contributed by atoms with Gasteiger partial charge in [0.1, 0.15) is 0 Å². The second kappa shape index (κ2) is 5.99. The van der Waals surface area contributed by atoms with Gasteiger partial charge >= 0.3 is 5.97 Å². The van der Waals surface area contributed by atoms with Gasteiger partial charge in [0, 0.05) is 30.8 Å². The van der Waals surface area contributed by atoms with Gasteiger partial charge in [0.15, 0.2) is 0 Å². The van der Waals surface area contributed by atoms with E-state index in [1.807, 2.05) is 23.9 Å². The maximum atomic E-state index is 10.8. The molecule has 5 nitrogen and oxygen atoms in total. The summed E-state index contributed by atoms with van der Waals surface area (Å²) >= 11 is 3.39. The Morgan fingerprint density at radius 2 is 2.21 bits per heavy atom. The smallest absolute Gasteiger partial charge is 0.335 e. The predicted octanol–water partition coefficient (Wildman–Crippen LogP) is 2.17. The van der Waals surface area contributed by atoms with E-state index in [4.69, 9.17) is 5.11 Å². The van der Waals surface area contributed by atoms with Crippen molar-refractivity contribution >= 4 is 21.9 Å². The highest BCUT2D eigenvalue weighted by Gasteiger charge is 2.06. The van der Waals surface area contributed by atoms with Crippen LogP contribution in [0.25, 0.3) is 0 Å². The van der Waals surface area contributed by atoms with Crippen molar-refractivity contribution in [3.8, 4) is 0 Å². The Morgan fingerprint density at radius 3 is 2.79 bits per heavy atom. The zero-order valence-electron chi connectivity index (χ0n) is 10.4. The molecule has 0 spiro atoms. The van der Waals surface area contributed by atoms with Crippen LogP contribution in [0.1, 0.15) is 21.6 Å². The first-order valence-corrected chi connectivity index (χ1v) is 6.56. The molecular weight excluding hydrogens is 310 g/mol. The van der Waals surface area contributed by atoms with Gasteiger partial charge in [-0.15, -0.1) is 0 Å². The van der Waals surface area contributed by atoms with E-state index in [0.717, 1.165) is 15.7 Å². The number of nitrogens with one attached hydrogen (secondary N) is 1. The summed E-state index contributed by atoms with van der Waals surface area (Å²) in [6, 6.07) is 6.98. The number of halogens is 1. The van der Waals surface area contributed by atoms with E-state index in [0.29, 0.717) is 13.1 Å². The molecule has 0 unspecified atom stereocenters. The molecule has 0 aliphatic rings. The number of carboxylic acids is 1. The third-order valence-electron chi connectivity index (χ3n) is 2.84. The lowest BCUT2D eigenvalue weighted by molar-refractivity contribution is 0.0697. The molecule has 2 N–H and O–H groups in total. The van der Waals surface area contributed by atoms with Gasteiger partial charge in [0.25, 0.3) is 0 Å². The summed E-state index contributed by atoms with van der Waals surface area (Å²) < 4.78 is 2.61. The average molecular weight is 324 g/mol. The van der Waals surface area contributed by atoms with E-state index in [1.165, 1.54) is 0 Å². The third-order valence-corrected chi connectivity index (χ3v) is 3.58. The lowest BCUT2D eigenvalue weighted by atomic mass is 10.1. The highest BCUT2D eigenvalue weighted by Crippen LogP contribution is 2.18. The lowest BCUT2D eigenvalue weighted by Gasteiger charge is -2.08. The Morgan fingerprint density at radius 1 is 1.42 bits per heavy atom. The average Bonchev–Trinajstić information content (AvgIpc) is 2.77. The van der Waals surface area contributed by atoms with Gasteiger partial charge in [0.2, 0.25) is 0 Å². The molecule has 0 saturated carbocycles. The number of hydrogen-bond donors (Lipinski definition) is 2. The fourth-order valence-electron chi connectivity index (χ4n) is 1.72. The van der Waals surface area contributed by atoms with Gasteiger partial charge in [-0.05, 0) is 23.8 Å². The molecule has 1 heterocycles. The van der Waals surface area contributed by atoms with Gasteiger partial charge in [-0.1, -0.05) is 22.0 Å². The van der Waals surface area contributed by atoms with Crippen molar-refractivity contribution in [3.63, 3.8) is 0 Å². The summed E-state index contributed by atoms with van der Waals surface area (Å²) in [6.45, 7) is 1.37. The minimum Gasteiger partial charge on any atom is -0.478 e. The second-order valence-electron chi connectivity index (χ2n) is 4.16. The van der Waals surface area contributed by atoms with Crippen molar-refractivity contribution in [1.29, 1.82) is 0 Å². The minimum atomic E-state index is -0.921. The number of carboxylic acid groups (broad SMARTS) is 1. The molecule has 0 aliphatic carbocycles. The van der Waals surface area contributed by atoms with E-state index in [9.17, 15) is 4.79 Å². The van der Waals surface area contributed by atoms with Gasteiger partial charge in [-0.25, -0.2) is 4.79 Å². The summed E-state index contributed by atoms with van der Waals surface area (Å²) in [4.78, 5) is 10.8. The van der Waals surface area contributed by atoms with Crippen LogP contribution in [-0.4, -0.2) is 20.9 Å². The number of aromatic carboxylic acids is 1. The Labute approximate surface area is 119 Å². The van der Waals surface area contributed by atoms with Crippen molar-refractivity contribution in [2.24, 2.45) is 7.05 Å². The van der Waals surface area contributed by atoms with Crippen LogP contribution in [0.15, 0.2) is 34.9 Å². The second-order valence-corrected chi connectivity index (χ2v) is 5.02. The van der Waals surface area contributed by atoms with Crippen LogP contribution in [0, 0.1) is 0 Å². The van der Waals surface area contributed by atoms with Crippen molar-refractivity contribution < 1.29 is 9.90 Å². The molecule has 0 bridgehead atoms. The van der Waals surface area contributed by atoms with Gasteiger partial charge < -0.3 is 10.4 Å². The predicted molar refractivity (Wildman–Crippen MR) is 74.9 cm³/mol. The first kappa shape index (κ1) is 13.8. The molecule has 6 heteroatoms. The fraction of sp³-hybridized carbons (Fsp3) is 0.231. The number of hydrogen-bond acceptors (Lipinski definition) is 3. The largest absolute Gasteiger partial charge is 0.478 e. The molecule has 0 aliphatic heterocycles. The molecular formula is C13H14BrN3O2. The van der Waals surface area contributed by atoms with E-state index in [-0.39, 0.29) is 5.56 Å². The van der Waals surface area contributed by atoms with Crippen LogP contribution in [0.4, 0.5) is 0 Å². The zero-order chi connectivity index (χ0) is 13.8. The van der Waals surface area contributed by atoms with Crippen molar-refractivity contribution in [3.05, 3.63) is 51.8 Å². The molecule has 1 aromatic heterocycles. The fourth-order valence-corrected chi connectivity index (χ4v) is 2.24. The number of rotatable bonds is 5. The third kappa shape index (κ3) is 3.42. The highest BCUT2D eigenvalue weighted by atomic mass is 79.9. The molecule has 0 atom stereocenters. The summed E-state index contributed by atoms with van der Waals surface area (Å²) in [7, 11) is 1.90. The monoisotopic (exact) mass is 323 g/mol. The van der Waals surface area contributed by atoms with Crippen LogP contribution in [0.3, 0.4) is 0 Å². The minimum absolute atomic E-state index is 0.280. The number of benzene rings is 1. The van der Waals surface area contributed by atoms with E-state index in [2.05, 4.69) is 26.3 Å². The Balaban J connectivity index is 1.96. The van der Waals surface area contributed by atoms with Crippen LogP contribution < -0.4 is 5.32 Å². The lowest BCUT2D eigenvalue weighted by Crippen LogP contribution is -2.15. The summed E-state index contributed by atoms with van der Waals surface area (Å²) in [6.07, 6.45) is 1.76. The number of aromatic nitrogens is 2. The molecule has 1 aromatic carbocycles. The molecule has 0 amide bonds. The summed E-state index contributed by atoms with van der Waals surface area (Å²) in [5.41, 5.74) is 2.40. The molecule has 2 rings (SSSR count). The maximum absolute atomic E-state index is 10.8. The van der Waals surface area contributed by atoms with Gasteiger partial charge in [0.05, 0.1) is 11.3 Å². The molecule has 100 valence electrons. The molecule has 0 fully saturated rings. The SMILES string of the molecule is Cn1nccc1CNCc1ccc(C(=O)O)cc1Br. The number of carbonyl (C=O) groups is 1. The van der Waals surface area contributed by atoms with Crippen molar-refractivity contribution in [2.45, 2.75) is 13.1 Å². The van der Waals surface area contributed by atoms with Crippen LogP contribution >= 0.6 is 15.9 Å². The number of nitrogens with zero attached hydrogens (tertiary/aromatic N) is 2. The van der Waals surface area contributed by atoms with Gasteiger partial charge in [-0.3, -0.25) is 4.68 Å². The highest BCUT2D eigenvalue weighted by molar-refractivity contribution is 9.10. The van der Waals surface area contributed by atoms with E-state index in [1.54, 1.807) is 18.3 Å². The Bertz CT molecular complexity index is 595. The molecule has 0 saturated heterocycles. The summed E-state index contributed by atoms with van der Waals surface area (Å²) in [5, 5.41) is 16.3. The van der Waals surface area contributed by atoms with Gasteiger partial charge in [-0.2, -0.15) is 5.10 Å². The quantitative estimate of drug-likeness (QED) is 0.885. The van der Waals surface area contributed by atoms with Crippen LogP contribution in [-0.2, 0) is 20.1 Å². The topological polar surface area (TPSA) is 67.2 Å². The van der Waals surface area contributed by atoms with E-state index >= 15 is 0 Å². The molecule has 2 aromatic rings. The standard InChI is InChI=1S/C13H14BrN3O2/c1-17-11(4-5-16-17)8-15-7-10-3-2-9(13(18)19)6-12(10)14/h2-6,15H,7-8H2,1H3,(H,18,19). The molecule has 0 radical (unpaired) electrons. The first-order chi connectivity index (χ1) is 9.08. The van der Waals surface area contributed by atoms with E-state index < -0.39 is 5.97 Å². The number of aryl methyl sites for hydroxylation is 1. The van der Waals surface area contributed by atoms with Crippen molar-refractivity contribution in [2.75, 3.05) is 0 Å².